The monoisotopic (exact) mass is 418 g/mol. The molecule has 0 fully saturated rings. The molecule has 158 valence electrons. The second-order valence-corrected chi connectivity index (χ2v) is 8.05. The Kier molecular flexibility index (Phi) is 9.70. The highest BCUT2D eigenvalue weighted by atomic mass is 32.2. The van der Waals surface area contributed by atoms with Crippen LogP contribution in [0.4, 0.5) is 0 Å². The van der Waals surface area contributed by atoms with Crippen molar-refractivity contribution in [2.24, 2.45) is 0 Å². The predicted molar refractivity (Wildman–Crippen MR) is 114 cm³/mol. The number of hydrogen-bond acceptors (Lipinski definition) is 6. The lowest BCUT2D eigenvalue weighted by Crippen LogP contribution is -2.26. The molecular weight excluding hydrogens is 388 g/mol. The van der Waals surface area contributed by atoms with E-state index in [1.165, 1.54) is 24.4 Å². The zero-order valence-electron chi connectivity index (χ0n) is 17.4. The molecule has 2 rings (SSSR count). The Labute approximate surface area is 176 Å². The number of thioether (sulfide) groups is 1. The number of aromatic nitrogens is 3. The van der Waals surface area contributed by atoms with E-state index < -0.39 is 0 Å². The molecule has 0 atom stereocenters. The van der Waals surface area contributed by atoms with Gasteiger partial charge in [0.15, 0.2) is 5.16 Å². The fourth-order valence-electron chi connectivity index (χ4n) is 2.78. The van der Waals surface area contributed by atoms with E-state index in [4.69, 9.17) is 0 Å². The molecule has 29 heavy (non-hydrogen) atoms. The van der Waals surface area contributed by atoms with Crippen LogP contribution in [0.3, 0.4) is 0 Å². The van der Waals surface area contributed by atoms with Crippen molar-refractivity contribution in [2.75, 3.05) is 19.4 Å². The fraction of sp³-hybridized carbons (Fsp3) is 0.524. The van der Waals surface area contributed by atoms with Gasteiger partial charge >= 0.3 is 5.97 Å². The summed E-state index contributed by atoms with van der Waals surface area (Å²) in [5, 5.41) is 11.7. The molecule has 0 aliphatic rings. The standard InChI is InChI=1S/C21H30N4O3S/c1-16(2)17-9-11-18(12-10-17)25-15-23-24-21(25)29-14-19(26)22-13-7-5-4-6-8-20(27)28-3/h9-12,15-16H,4-8,13-14H2,1-3H3,(H,22,26). The molecule has 0 aliphatic heterocycles. The third-order valence-electron chi connectivity index (χ3n) is 4.54. The maximum atomic E-state index is 12.1. The first kappa shape index (κ1) is 22.9. The largest absolute Gasteiger partial charge is 0.469 e. The van der Waals surface area contributed by atoms with Gasteiger partial charge < -0.3 is 10.1 Å². The molecule has 1 aromatic carbocycles. The third kappa shape index (κ3) is 7.89. The number of ether oxygens (including phenoxy) is 1. The quantitative estimate of drug-likeness (QED) is 0.321. The van der Waals surface area contributed by atoms with Gasteiger partial charge in [0, 0.05) is 18.7 Å². The van der Waals surface area contributed by atoms with Gasteiger partial charge in [-0.1, -0.05) is 50.6 Å². The molecule has 0 unspecified atom stereocenters. The van der Waals surface area contributed by atoms with Crippen molar-refractivity contribution in [3.05, 3.63) is 36.2 Å². The summed E-state index contributed by atoms with van der Waals surface area (Å²) in [5.74, 6) is 0.592. The van der Waals surface area contributed by atoms with Gasteiger partial charge in [0.05, 0.1) is 12.9 Å². The second-order valence-electron chi connectivity index (χ2n) is 7.11. The van der Waals surface area contributed by atoms with Crippen molar-refractivity contribution in [1.29, 1.82) is 0 Å². The number of methoxy groups -OCH3 is 1. The van der Waals surface area contributed by atoms with Crippen LogP contribution in [0.2, 0.25) is 0 Å². The minimum absolute atomic E-state index is 0.0192. The Hall–Kier alpha value is -2.35. The topological polar surface area (TPSA) is 86.1 Å². The summed E-state index contributed by atoms with van der Waals surface area (Å²) in [6.45, 7) is 4.97. The van der Waals surface area contributed by atoms with Crippen LogP contribution >= 0.6 is 11.8 Å². The zero-order chi connectivity index (χ0) is 21.1. The maximum Gasteiger partial charge on any atom is 0.305 e. The van der Waals surface area contributed by atoms with Crippen molar-refractivity contribution in [3.63, 3.8) is 0 Å². The third-order valence-corrected chi connectivity index (χ3v) is 5.49. The molecule has 2 aromatic rings. The maximum absolute atomic E-state index is 12.1. The average molecular weight is 419 g/mol. The number of benzene rings is 1. The van der Waals surface area contributed by atoms with E-state index in [1.54, 1.807) is 6.33 Å². The van der Waals surface area contributed by atoms with Gasteiger partial charge in [-0.15, -0.1) is 10.2 Å². The number of nitrogens with one attached hydrogen (secondary N) is 1. The van der Waals surface area contributed by atoms with Crippen LogP contribution in [0.15, 0.2) is 35.7 Å². The summed E-state index contributed by atoms with van der Waals surface area (Å²) >= 11 is 1.37. The van der Waals surface area contributed by atoms with Gasteiger partial charge in [-0.05, 0) is 36.5 Å². The first-order valence-electron chi connectivity index (χ1n) is 9.98. The van der Waals surface area contributed by atoms with E-state index >= 15 is 0 Å². The van der Waals surface area contributed by atoms with Gasteiger partial charge in [-0.2, -0.15) is 0 Å². The highest BCUT2D eigenvalue weighted by molar-refractivity contribution is 7.99. The van der Waals surface area contributed by atoms with E-state index in [-0.39, 0.29) is 11.9 Å². The minimum atomic E-state index is -0.168. The minimum Gasteiger partial charge on any atom is -0.469 e. The van der Waals surface area contributed by atoms with E-state index in [2.05, 4.69) is 46.2 Å². The molecule has 0 saturated heterocycles. The van der Waals surface area contributed by atoms with Crippen LogP contribution in [-0.4, -0.2) is 46.0 Å². The number of amides is 1. The molecular formula is C21H30N4O3S. The second kappa shape index (κ2) is 12.3. The lowest BCUT2D eigenvalue weighted by molar-refractivity contribution is -0.140. The van der Waals surface area contributed by atoms with Crippen LogP contribution in [0.1, 0.15) is 57.4 Å². The number of nitrogens with zero attached hydrogens (tertiary/aromatic N) is 3. The Bertz CT molecular complexity index is 774. The number of esters is 1. The van der Waals surface area contributed by atoms with Crippen LogP contribution < -0.4 is 5.32 Å². The molecule has 0 spiro atoms. The van der Waals surface area contributed by atoms with Crippen LogP contribution in [-0.2, 0) is 14.3 Å². The summed E-state index contributed by atoms with van der Waals surface area (Å²) in [4.78, 5) is 23.1. The predicted octanol–water partition coefficient (Wildman–Crippen LogP) is 3.72. The number of rotatable bonds is 12. The van der Waals surface area contributed by atoms with E-state index in [0.29, 0.717) is 29.8 Å². The molecule has 0 saturated carbocycles. The Morgan fingerprint density at radius 3 is 2.55 bits per heavy atom. The molecule has 1 heterocycles. The molecule has 7 nitrogen and oxygen atoms in total. The molecule has 1 N–H and O–H groups in total. The number of carbonyl (C=O) groups is 2. The summed E-state index contributed by atoms with van der Waals surface area (Å²) in [5.41, 5.74) is 2.26. The van der Waals surface area contributed by atoms with Crippen molar-refractivity contribution in [2.45, 2.75) is 57.0 Å². The molecule has 0 aliphatic carbocycles. The van der Waals surface area contributed by atoms with Gasteiger partial charge in [-0.3, -0.25) is 14.2 Å². The van der Waals surface area contributed by atoms with E-state index in [1.807, 2.05) is 16.7 Å². The van der Waals surface area contributed by atoms with Gasteiger partial charge in [-0.25, -0.2) is 0 Å². The van der Waals surface area contributed by atoms with Crippen molar-refractivity contribution >= 4 is 23.6 Å². The Morgan fingerprint density at radius 1 is 1.14 bits per heavy atom. The molecule has 1 aromatic heterocycles. The lowest BCUT2D eigenvalue weighted by atomic mass is 10.0. The lowest BCUT2D eigenvalue weighted by Gasteiger charge is -2.09. The first-order chi connectivity index (χ1) is 14.0. The van der Waals surface area contributed by atoms with Gasteiger partial charge in [0.25, 0.3) is 0 Å². The highest BCUT2D eigenvalue weighted by Crippen LogP contribution is 2.21. The van der Waals surface area contributed by atoms with E-state index in [9.17, 15) is 9.59 Å². The summed E-state index contributed by atoms with van der Waals surface area (Å²) < 4.78 is 6.50. The summed E-state index contributed by atoms with van der Waals surface area (Å²) in [6.07, 6.45) is 5.78. The highest BCUT2D eigenvalue weighted by Gasteiger charge is 2.10. The van der Waals surface area contributed by atoms with Gasteiger partial charge in [0.2, 0.25) is 5.91 Å². The van der Waals surface area contributed by atoms with Crippen molar-refractivity contribution < 1.29 is 14.3 Å². The number of unbranched alkanes of at least 4 members (excludes halogenated alkanes) is 3. The van der Waals surface area contributed by atoms with Crippen LogP contribution in [0.25, 0.3) is 5.69 Å². The van der Waals surface area contributed by atoms with E-state index in [0.717, 1.165) is 31.4 Å². The molecule has 0 bridgehead atoms. The van der Waals surface area contributed by atoms with Crippen molar-refractivity contribution in [1.82, 2.24) is 20.1 Å². The number of hydrogen-bond donors (Lipinski definition) is 1. The summed E-state index contributed by atoms with van der Waals surface area (Å²) in [7, 11) is 1.40. The number of carbonyl (C=O) groups excluding carboxylic acids is 2. The molecule has 0 radical (unpaired) electrons. The summed E-state index contributed by atoms with van der Waals surface area (Å²) in [6, 6.07) is 8.30. The zero-order valence-corrected chi connectivity index (χ0v) is 18.2. The normalized spacial score (nSPS) is 10.9. The van der Waals surface area contributed by atoms with Gasteiger partial charge in [0.1, 0.15) is 6.33 Å². The Balaban J connectivity index is 1.69. The average Bonchev–Trinajstić information content (AvgIpc) is 3.20. The molecule has 8 heteroatoms. The SMILES string of the molecule is COC(=O)CCCCCCNC(=O)CSc1nncn1-c1ccc(C(C)C)cc1. The van der Waals surface area contributed by atoms with Crippen LogP contribution in [0, 0.1) is 0 Å². The first-order valence-corrected chi connectivity index (χ1v) is 11.0. The fourth-order valence-corrected chi connectivity index (χ4v) is 3.54. The van der Waals surface area contributed by atoms with Crippen molar-refractivity contribution in [3.8, 4) is 5.69 Å². The van der Waals surface area contributed by atoms with Crippen LogP contribution in [0.5, 0.6) is 0 Å². The molecule has 1 amide bonds. The smallest absolute Gasteiger partial charge is 0.305 e. The Morgan fingerprint density at radius 2 is 1.86 bits per heavy atom.